The molecule has 2 unspecified atom stereocenters. The fourth-order valence-corrected chi connectivity index (χ4v) is 1.53. The zero-order valence-corrected chi connectivity index (χ0v) is 9.93. The number of hydrogen-bond donors (Lipinski definition) is 1. The number of hydrogen-bond acceptors (Lipinski definition) is 3. The summed E-state index contributed by atoms with van der Waals surface area (Å²) < 4.78 is 0. The van der Waals surface area contributed by atoms with Crippen molar-refractivity contribution in [1.82, 2.24) is 5.32 Å². The molecule has 88 valence electrons. The minimum absolute atomic E-state index is 0.138. The van der Waals surface area contributed by atoms with E-state index >= 15 is 0 Å². The Morgan fingerprint density at radius 3 is 2.31 bits per heavy atom. The Labute approximate surface area is 95.8 Å². The molecule has 0 radical (unpaired) electrons. The molecule has 1 N–H and O–H groups in total. The van der Waals surface area contributed by atoms with Crippen molar-refractivity contribution in [2.24, 2.45) is 0 Å². The lowest BCUT2D eigenvalue weighted by Crippen LogP contribution is -2.28. The van der Waals surface area contributed by atoms with Gasteiger partial charge in [0.25, 0.3) is 5.69 Å². The third kappa shape index (κ3) is 3.31. The van der Waals surface area contributed by atoms with E-state index in [9.17, 15) is 10.1 Å². The van der Waals surface area contributed by atoms with E-state index < -0.39 is 0 Å². The third-order valence-corrected chi connectivity index (χ3v) is 2.75. The molecule has 0 heterocycles. The Morgan fingerprint density at radius 1 is 1.31 bits per heavy atom. The van der Waals surface area contributed by atoms with E-state index in [0.29, 0.717) is 6.04 Å². The van der Waals surface area contributed by atoms with Gasteiger partial charge >= 0.3 is 0 Å². The van der Waals surface area contributed by atoms with E-state index in [-0.39, 0.29) is 16.7 Å². The standard InChI is InChI=1S/C12H18N2O2/c1-4-9(2)13-10(3)11-5-7-12(8-6-11)14(15)16/h5-10,13H,4H2,1-3H3. The number of nitro groups is 1. The molecule has 0 spiro atoms. The molecule has 0 aliphatic carbocycles. The lowest BCUT2D eigenvalue weighted by molar-refractivity contribution is -0.384. The van der Waals surface area contributed by atoms with Crippen LogP contribution < -0.4 is 5.32 Å². The highest BCUT2D eigenvalue weighted by Gasteiger charge is 2.10. The van der Waals surface area contributed by atoms with Gasteiger partial charge in [-0.3, -0.25) is 10.1 Å². The van der Waals surface area contributed by atoms with E-state index in [1.807, 2.05) is 0 Å². The summed E-state index contributed by atoms with van der Waals surface area (Å²) in [6, 6.07) is 7.37. The van der Waals surface area contributed by atoms with Crippen LogP contribution >= 0.6 is 0 Å². The van der Waals surface area contributed by atoms with Gasteiger partial charge in [-0.05, 0) is 25.8 Å². The molecule has 1 aromatic carbocycles. The largest absolute Gasteiger partial charge is 0.308 e. The topological polar surface area (TPSA) is 55.2 Å². The molecule has 0 saturated heterocycles. The highest BCUT2D eigenvalue weighted by molar-refractivity contribution is 5.34. The summed E-state index contributed by atoms with van der Waals surface area (Å²) in [5.41, 5.74) is 1.21. The van der Waals surface area contributed by atoms with Gasteiger partial charge in [-0.25, -0.2) is 0 Å². The maximum Gasteiger partial charge on any atom is 0.269 e. The van der Waals surface area contributed by atoms with Crippen LogP contribution in [0.1, 0.15) is 38.8 Å². The van der Waals surface area contributed by atoms with Crippen molar-refractivity contribution in [2.75, 3.05) is 0 Å². The number of non-ortho nitro benzene ring substituents is 1. The van der Waals surface area contributed by atoms with Crippen molar-refractivity contribution in [1.29, 1.82) is 0 Å². The number of nitrogens with one attached hydrogen (secondary N) is 1. The van der Waals surface area contributed by atoms with Gasteiger partial charge in [-0.15, -0.1) is 0 Å². The minimum atomic E-state index is -0.378. The van der Waals surface area contributed by atoms with Crippen LogP contribution in [0.5, 0.6) is 0 Å². The van der Waals surface area contributed by atoms with Crippen molar-refractivity contribution in [3.8, 4) is 0 Å². The quantitative estimate of drug-likeness (QED) is 0.615. The van der Waals surface area contributed by atoms with E-state index in [1.165, 1.54) is 0 Å². The van der Waals surface area contributed by atoms with Crippen LogP contribution in [0.4, 0.5) is 5.69 Å². The van der Waals surface area contributed by atoms with E-state index in [4.69, 9.17) is 0 Å². The average Bonchev–Trinajstić information content (AvgIpc) is 2.28. The molecule has 0 amide bonds. The smallest absolute Gasteiger partial charge is 0.269 e. The van der Waals surface area contributed by atoms with Crippen molar-refractivity contribution >= 4 is 5.69 Å². The number of rotatable bonds is 5. The molecule has 0 saturated carbocycles. The summed E-state index contributed by atoms with van der Waals surface area (Å²) in [5, 5.41) is 13.9. The molecular weight excluding hydrogens is 204 g/mol. The van der Waals surface area contributed by atoms with Crippen molar-refractivity contribution < 1.29 is 4.92 Å². The van der Waals surface area contributed by atoms with E-state index in [2.05, 4.69) is 26.1 Å². The first-order valence-electron chi connectivity index (χ1n) is 5.55. The summed E-state index contributed by atoms with van der Waals surface area (Å²) in [4.78, 5) is 10.1. The van der Waals surface area contributed by atoms with Gasteiger partial charge in [-0.2, -0.15) is 0 Å². The summed E-state index contributed by atoms with van der Waals surface area (Å²) in [5.74, 6) is 0. The Kier molecular flexibility index (Phi) is 4.43. The maximum atomic E-state index is 10.5. The van der Waals surface area contributed by atoms with Gasteiger partial charge in [-0.1, -0.05) is 19.1 Å². The molecule has 0 aromatic heterocycles. The second-order valence-corrected chi connectivity index (χ2v) is 4.05. The van der Waals surface area contributed by atoms with Crippen LogP contribution in [0.25, 0.3) is 0 Å². The van der Waals surface area contributed by atoms with Crippen LogP contribution in [0.3, 0.4) is 0 Å². The monoisotopic (exact) mass is 222 g/mol. The predicted molar refractivity (Wildman–Crippen MR) is 64.4 cm³/mol. The van der Waals surface area contributed by atoms with Crippen LogP contribution in [-0.2, 0) is 0 Å². The Balaban J connectivity index is 2.70. The first kappa shape index (κ1) is 12.6. The van der Waals surface area contributed by atoms with Gasteiger partial charge in [0.1, 0.15) is 0 Å². The molecule has 4 heteroatoms. The van der Waals surface area contributed by atoms with E-state index in [0.717, 1.165) is 12.0 Å². The fraction of sp³-hybridized carbons (Fsp3) is 0.500. The van der Waals surface area contributed by atoms with E-state index in [1.54, 1.807) is 24.3 Å². The van der Waals surface area contributed by atoms with Crippen LogP contribution in [0.2, 0.25) is 0 Å². The van der Waals surface area contributed by atoms with Gasteiger partial charge in [0.15, 0.2) is 0 Å². The SMILES string of the molecule is CCC(C)NC(C)c1ccc([N+](=O)[O-])cc1. The molecular formula is C12H18N2O2. The van der Waals surface area contributed by atoms with Gasteiger partial charge in [0.2, 0.25) is 0 Å². The molecule has 4 nitrogen and oxygen atoms in total. The Hall–Kier alpha value is -1.42. The van der Waals surface area contributed by atoms with Gasteiger partial charge < -0.3 is 5.32 Å². The summed E-state index contributed by atoms with van der Waals surface area (Å²) in [6.07, 6.45) is 1.07. The molecule has 0 bridgehead atoms. The number of nitrogens with zero attached hydrogens (tertiary/aromatic N) is 1. The fourth-order valence-electron chi connectivity index (χ4n) is 1.53. The average molecular weight is 222 g/mol. The Morgan fingerprint density at radius 2 is 1.88 bits per heavy atom. The zero-order valence-electron chi connectivity index (χ0n) is 9.93. The third-order valence-electron chi connectivity index (χ3n) is 2.75. The van der Waals surface area contributed by atoms with Crippen LogP contribution in [0.15, 0.2) is 24.3 Å². The second kappa shape index (κ2) is 5.61. The molecule has 0 aliphatic heterocycles. The summed E-state index contributed by atoms with van der Waals surface area (Å²) >= 11 is 0. The molecule has 1 rings (SSSR count). The lowest BCUT2D eigenvalue weighted by atomic mass is 10.1. The first-order chi connectivity index (χ1) is 7.54. The zero-order chi connectivity index (χ0) is 12.1. The van der Waals surface area contributed by atoms with Crippen molar-refractivity contribution in [2.45, 2.75) is 39.3 Å². The molecule has 0 aliphatic rings. The molecule has 1 aromatic rings. The van der Waals surface area contributed by atoms with Crippen molar-refractivity contribution in [3.63, 3.8) is 0 Å². The molecule has 16 heavy (non-hydrogen) atoms. The normalized spacial score (nSPS) is 14.4. The first-order valence-corrected chi connectivity index (χ1v) is 5.55. The van der Waals surface area contributed by atoms with Crippen molar-refractivity contribution in [3.05, 3.63) is 39.9 Å². The molecule has 0 fully saturated rings. The molecule has 2 atom stereocenters. The highest BCUT2D eigenvalue weighted by Crippen LogP contribution is 2.18. The number of benzene rings is 1. The summed E-state index contributed by atoms with van der Waals surface area (Å²) in [6.45, 7) is 6.31. The van der Waals surface area contributed by atoms with Gasteiger partial charge in [0.05, 0.1) is 4.92 Å². The van der Waals surface area contributed by atoms with Crippen LogP contribution in [-0.4, -0.2) is 11.0 Å². The lowest BCUT2D eigenvalue weighted by Gasteiger charge is -2.18. The highest BCUT2D eigenvalue weighted by atomic mass is 16.6. The Bertz CT molecular complexity index is 349. The van der Waals surface area contributed by atoms with Crippen LogP contribution in [0, 0.1) is 10.1 Å². The predicted octanol–water partition coefficient (Wildman–Crippen LogP) is 3.04. The maximum absolute atomic E-state index is 10.5. The number of nitro benzene ring substituents is 1. The minimum Gasteiger partial charge on any atom is -0.308 e. The van der Waals surface area contributed by atoms with Gasteiger partial charge in [0, 0.05) is 24.2 Å². The second-order valence-electron chi connectivity index (χ2n) is 4.05. The summed E-state index contributed by atoms with van der Waals surface area (Å²) in [7, 11) is 0.